The second kappa shape index (κ2) is 21.4. The first-order valence-corrected chi connectivity index (χ1v) is 12.1. The van der Waals surface area contributed by atoms with Crippen molar-refractivity contribution in [1.29, 1.82) is 0 Å². The number of aliphatic carboxylic acids is 1. The number of allylic oxidation sites excluding steroid dienone is 2. The first-order valence-electron chi connectivity index (χ1n) is 12.1. The van der Waals surface area contributed by atoms with E-state index in [9.17, 15) is 14.7 Å². The van der Waals surface area contributed by atoms with E-state index >= 15 is 0 Å². The monoisotopic (exact) mass is 410 g/mol. The predicted molar refractivity (Wildman–Crippen MR) is 121 cm³/mol. The normalized spacial score (nSPS) is 12.3. The Labute approximate surface area is 179 Å². The molecule has 0 rings (SSSR count). The van der Waals surface area contributed by atoms with Gasteiger partial charge in [0.05, 0.1) is 18.9 Å². The molecule has 0 aromatic heterocycles. The van der Waals surface area contributed by atoms with Crippen LogP contribution in [0.2, 0.25) is 0 Å². The van der Waals surface area contributed by atoms with E-state index in [0.717, 1.165) is 12.8 Å². The van der Waals surface area contributed by atoms with Crippen LogP contribution in [0.15, 0.2) is 12.2 Å². The minimum Gasteiger partial charge on any atom is -0.481 e. The topological polar surface area (TPSA) is 63.6 Å². The molecular formula is C25H46O4. The molecule has 0 aromatic rings. The molecule has 0 bridgehead atoms. The fourth-order valence-corrected chi connectivity index (χ4v) is 3.43. The molecule has 0 saturated heterocycles. The van der Waals surface area contributed by atoms with Crippen molar-refractivity contribution < 1.29 is 19.4 Å². The van der Waals surface area contributed by atoms with E-state index in [-0.39, 0.29) is 6.42 Å². The molecule has 0 fully saturated rings. The van der Waals surface area contributed by atoms with Crippen molar-refractivity contribution in [2.24, 2.45) is 5.92 Å². The van der Waals surface area contributed by atoms with Crippen molar-refractivity contribution in [3.63, 3.8) is 0 Å². The van der Waals surface area contributed by atoms with Crippen LogP contribution >= 0.6 is 0 Å². The summed E-state index contributed by atoms with van der Waals surface area (Å²) in [6.45, 7) is 4.55. The Balaban J connectivity index is 3.53. The van der Waals surface area contributed by atoms with E-state index < -0.39 is 17.9 Å². The Hall–Kier alpha value is -1.32. The first-order chi connectivity index (χ1) is 14.1. The number of unbranched alkanes of at least 4 members (excludes halogenated alkanes) is 12. The van der Waals surface area contributed by atoms with Gasteiger partial charge in [-0.15, -0.1) is 0 Å². The van der Waals surface area contributed by atoms with Crippen LogP contribution < -0.4 is 0 Å². The van der Waals surface area contributed by atoms with E-state index in [1.165, 1.54) is 77.0 Å². The molecule has 4 nitrogen and oxygen atoms in total. The van der Waals surface area contributed by atoms with Crippen LogP contribution in [0.5, 0.6) is 0 Å². The molecule has 0 aliphatic heterocycles. The zero-order chi connectivity index (χ0) is 21.6. The SMILES string of the molecule is CCCCCCCCCCCCCC/C=C/CCC(CC(=O)OCCC)C(=O)O. The summed E-state index contributed by atoms with van der Waals surface area (Å²) in [4.78, 5) is 22.9. The van der Waals surface area contributed by atoms with E-state index in [1.54, 1.807) is 0 Å². The molecule has 29 heavy (non-hydrogen) atoms. The van der Waals surface area contributed by atoms with Gasteiger partial charge >= 0.3 is 11.9 Å². The second-order valence-electron chi connectivity index (χ2n) is 8.19. The highest BCUT2D eigenvalue weighted by Crippen LogP contribution is 2.15. The molecule has 4 heteroatoms. The highest BCUT2D eigenvalue weighted by molar-refractivity contribution is 5.78. The number of carboxylic acids is 1. The van der Waals surface area contributed by atoms with Crippen LogP contribution in [-0.4, -0.2) is 23.7 Å². The Morgan fingerprint density at radius 3 is 1.79 bits per heavy atom. The van der Waals surface area contributed by atoms with Crippen LogP contribution in [0.4, 0.5) is 0 Å². The standard InChI is InChI=1S/C25H46O4/c1-3-5-6-7-8-9-10-11-12-13-14-15-16-17-18-19-20-23(25(27)28)22-24(26)29-21-4-2/h17-18,23H,3-16,19-22H2,1-2H3,(H,27,28)/b18-17+. The third-order valence-electron chi connectivity index (χ3n) is 5.30. The number of esters is 1. The summed E-state index contributed by atoms with van der Waals surface area (Å²) in [5.74, 6) is -1.96. The van der Waals surface area contributed by atoms with Crippen molar-refractivity contribution in [3.8, 4) is 0 Å². The van der Waals surface area contributed by atoms with Crippen molar-refractivity contribution in [1.82, 2.24) is 0 Å². The number of hydrogen-bond acceptors (Lipinski definition) is 3. The van der Waals surface area contributed by atoms with Gasteiger partial charge in [0.2, 0.25) is 0 Å². The Morgan fingerprint density at radius 2 is 1.28 bits per heavy atom. The van der Waals surface area contributed by atoms with Gasteiger partial charge in [-0.3, -0.25) is 9.59 Å². The molecule has 1 atom stereocenters. The maximum Gasteiger partial charge on any atom is 0.307 e. The van der Waals surface area contributed by atoms with Crippen LogP contribution in [0, 0.1) is 5.92 Å². The van der Waals surface area contributed by atoms with Crippen LogP contribution in [0.1, 0.15) is 123 Å². The summed E-state index contributed by atoms with van der Waals surface area (Å²) in [5, 5.41) is 9.24. The highest BCUT2D eigenvalue weighted by Gasteiger charge is 2.21. The second-order valence-corrected chi connectivity index (χ2v) is 8.19. The lowest BCUT2D eigenvalue weighted by atomic mass is 9.99. The minimum atomic E-state index is -0.909. The maximum atomic E-state index is 11.6. The Bertz CT molecular complexity index is 417. The summed E-state index contributed by atoms with van der Waals surface area (Å²) >= 11 is 0. The molecule has 0 radical (unpaired) electrons. The summed E-state index contributed by atoms with van der Waals surface area (Å²) in [5.41, 5.74) is 0. The fraction of sp³-hybridized carbons (Fsp3) is 0.840. The summed E-state index contributed by atoms with van der Waals surface area (Å²) in [6, 6.07) is 0. The lowest BCUT2D eigenvalue weighted by Gasteiger charge is -2.10. The lowest BCUT2D eigenvalue weighted by molar-refractivity contribution is -0.151. The average Bonchev–Trinajstić information content (AvgIpc) is 2.70. The fourth-order valence-electron chi connectivity index (χ4n) is 3.43. The molecule has 1 unspecified atom stereocenters. The van der Waals surface area contributed by atoms with E-state index in [0.29, 0.717) is 19.4 Å². The highest BCUT2D eigenvalue weighted by atomic mass is 16.5. The molecule has 0 saturated carbocycles. The molecule has 0 amide bonds. The van der Waals surface area contributed by atoms with E-state index in [4.69, 9.17) is 4.74 Å². The third-order valence-corrected chi connectivity index (χ3v) is 5.30. The molecule has 0 aliphatic carbocycles. The third kappa shape index (κ3) is 19.8. The van der Waals surface area contributed by atoms with Gasteiger partial charge in [0.1, 0.15) is 0 Å². The van der Waals surface area contributed by atoms with Crippen molar-refractivity contribution in [3.05, 3.63) is 12.2 Å². The maximum absolute atomic E-state index is 11.6. The molecule has 1 N–H and O–H groups in total. The first kappa shape index (κ1) is 27.7. The number of hydrogen-bond donors (Lipinski definition) is 1. The van der Waals surface area contributed by atoms with Gasteiger partial charge in [0, 0.05) is 0 Å². The quantitative estimate of drug-likeness (QED) is 0.121. The number of carboxylic acid groups (broad SMARTS) is 1. The zero-order valence-corrected chi connectivity index (χ0v) is 19.1. The number of carbonyl (C=O) groups is 2. The van der Waals surface area contributed by atoms with Crippen LogP contribution in [0.25, 0.3) is 0 Å². The zero-order valence-electron chi connectivity index (χ0n) is 19.1. The van der Waals surface area contributed by atoms with Gasteiger partial charge in [0.25, 0.3) is 0 Å². The molecule has 170 valence electrons. The molecular weight excluding hydrogens is 364 g/mol. The van der Waals surface area contributed by atoms with Gasteiger partial charge in [-0.25, -0.2) is 0 Å². The Kier molecular flexibility index (Phi) is 20.4. The van der Waals surface area contributed by atoms with E-state index in [2.05, 4.69) is 19.1 Å². The molecule has 0 aromatic carbocycles. The molecule has 0 aliphatic rings. The molecule has 0 spiro atoms. The van der Waals surface area contributed by atoms with Gasteiger partial charge in [-0.1, -0.05) is 96.6 Å². The minimum absolute atomic E-state index is 0.0259. The number of carbonyl (C=O) groups excluding carboxylic acids is 1. The smallest absolute Gasteiger partial charge is 0.307 e. The number of rotatable bonds is 21. The van der Waals surface area contributed by atoms with Gasteiger partial charge in [-0.2, -0.15) is 0 Å². The van der Waals surface area contributed by atoms with E-state index in [1.807, 2.05) is 6.92 Å². The van der Waals surface area contributed by atoms with Gasteiger partial charge < -0.3 is 9.84 Å². The molecule has 0 heterocycles. The van der Waals surface area contributed by atoms with Gasteiger partial charge in [0.15, 0.2) is 0 Å². The van der Waals surface area contributed by atoms with Crippen LogP contribution in [0.3, 0.4) is 0 Å². The van der Waals surface area contributed by atoms with Crippen LogP contribution in [-0.2, 0) is 14.3 Å². The van der Waals surface area contributed by atoms with Crippen molar-refractivity contribution in [2.75, 3.05) is 6.61 Å². The van der Waals surface area contributed by atoms with Gasteiger partial charge in [-0.05, 0) is 32.1 Å². The van der Waals surface area contributed by atoms with Crippen molar-refractivity contribution >= 4 is 11.9 Å². The predicted octanol–water partition coefficient (Wildman–Crippen LogP) is 7.46. The Morgan fingerprint density at radius 1 is 0.759 bits per heavy atom. The summed E-state index contributed by atoms with van der Waals surface area (Å²) in [7, 11) is 0. The average molecular weight is 411 g/mol. The van der Waals surface area contributed by atoms with Crippen molar-refractivity contribution in [2.45, 2.75) is 123 Å². The number of ether oxygens (including phenoxy) is 1. The summed E-state index contributed by atoms with van der Waals surface area (Å²) in [6.07, 6.45) is 23.5. The largest absolute Gasteiger partial charge is 0.481 e. The summed E-state index contributed by atoms with van der Waals surface area (Å²) < 4.78 is 4.98. The lowest BCUT2D eigenvalue weighted by Crippen LogP contribution is -2.19.